The fourth-order valence-electron chi connectivity index (χ4n) is 2.45. The van der Waals surface area contributed by atoms with Crippen LogP contribution in [0.2, 0.25) is 0 Å². The highest BCUT2D eigenvalue weighted by atomic mass is 32.1. The van der Waals surface area contributed by atoms with Crippen LogP contribution >= 0.6 is 22.7 Å². The summed E-state index contributed by atoms with van der Waals surface area (Å²) in [5.74, 6) is 5.73. The maximum atomic E-state index is 5.73. The Kier molecular flexibility index (Phi) is 3.04. The molecule has 2 aromatic heterocycles. The Hall–Kier alpha value is -0.680. The topological polar surface area (TPSA) is 38.0 Å². The van der Waals surface area contributed by atoms with Gasteiger partial charge in [-0.25, -0.2) is 5.43 Å². The number of thiophene rings is 2. The van der Waals surface area contributed by atoms with Crippen molar-refractivity contribution in [2.45, 2.75) is 32.2 Å². The van der Waals surface area contributed by atoms with Crippen molar-refractivity contribution < 1.29 is 0 Å². The number of nitrogens with one attached hydrogen (secondary N) is 1. The molecule has 2 nitrogen and oxygen atoms in total. The van der Waals surface area contributed by atoms with Crippen LogP contribution in [0.25, 0.3) is 0 Å². The summed E-state index contributed by atoms with van der Waals surface area (Å²) in [6, 6.07) is 4.72. The van der Waals surface area contributed by atoms with E-state index in [2.05, 4.69) is 29.9 Å². The molecule has 1 aliphatic rings. The number of hydrogen-bond donors (Lipinski definition) is 2. The van der Waals surface area contributed by atoms with Crippen molar-refractivity contribution >= 4 is 22.7 Å². The average Bonchev–Trinajstić information content (AvgIpc) is 2.95. The standard InChI is InChI=1S/C13H16N2S2/c1-8-5-10(7-16-8)13(15-14)12-6-9-3-2-4-11(9)17-12/h5-7,13,15H,2-4,14H2,1H3. The molecule has 4 heteroatoms. The van der Waals surface area contributed by atoms with Crippen LogP contribution in [-0.4, -0.2) is 0 Å². The molecule has 17 heavy (non-hydrogen) atoms. The second-order valence-corrected chi connectivity index (χ2v) is 6.82. The lowest BCUT2D eigenvalue weighted by Crippen LogP contribution is -2.27. The summed E-state index contributed by atoms with van der Waals surface area (Å²) in [5.41, 5.74) is 5.78. The smallest absolute Gasteiger partial charge is 0.0810 e. The predicted molar refractivity (Wildman–Crippen MR) is 74.6 cm³/mol. The van der Waals surface area contributed by atoms with Crippen molar-refractivity contribution in [3.63, 3.8) is 0 Å². The summed E-state index contributed by atoms with van der Waals surface area (Å²) in [5, 5.41) is 2.20. The van der Waals surface area contributed by atoms with Crippen molar-refractivity contribution in [2.24, 2.45) is 5.84 Å². The summed E-state index contributed by atoms with van der Waals surface area (Å²) in [4.78, 5) is 4.26. The maximum Gasteiger partial charge on any atom is 0.0810 e. The average molecular weight is 264 g/mol. The van der Waals surface area contributed by atoms with Crippen LogP contribution < -0.4 is 11.3 Å². The summed E-state index contributed by atoms with van der Waals surface area (Å²) in [7, 11) is 0. The molecule has 1 unspecified atom stereocenters. The zero-order valence-corrected chi connectivity index (χ0v) is 11.5. The van der Waals surface area contributed by atoms with Crippen LogP contribution in [0.4, 0.5) is 0 Å². The highest BCUT2D eigenvalue weighted by Gasteiger charge is 2.21. The molecule has 0 aliphatic heterocycles. The second-order valence-electron chi connectivity index (χ2n) is 4.54. The molecule has 0 saturated heterocycles. The lowest BCUT2D eigenvalue weighted by atomic mass is 10.1. The third kappa shape index (κ3) is 2.06. The van der Waals surface area contributed by atoms with Gasteiger partial charge >= 0.3 is 0 Å². The lowest BCUT2D eigenvalue weighted by molar-refractivity contribution is 0.647. The summed E-state index contributed by atoms with van der Waals surface area (Å²) in [6.07, 6.45) is 3.81. The van der Waals surface area contributed by atoms with Gasteiger partial charge in [-0.1, -0.05) is 0 Å². The van der Waals surface area contributed by atoms with Crippen molar-refractivity contribution in [2.75, 3.05) is 0 Å². The fourth-order valence-corrected chi connectivity index (χ4v) is 4.53. The SMILES string of the molecule is Cc1cc(C(NN)c2cc3c(s2)CCC3)cs1. The molecule has 3 rings (SSSR count). The molecule has 0 fully saturated rings. The molecule has 0 spiro atoms. The third-order valence-corrected chi connectivity index (χ3v) is 5.48. The van der Waals surface area contributed by atoms with Crippen molar-refractivity contribution in [1.82, 2.24) is 5.43 Å². The second kappa shape index (κ2) is 4.53. The van der Waals surface area contributed by atoms with Gasteiger partial charge < -0.3 is 0 Å². The van der Waals surface area contributed by atoms with Gasteiger partial charge in [0.25, 0.3) is 0 Å². The van der Waals surface area contributed by atoms with E-state index in [1.165, 1.54) is 40.1 Å². The zero-order valence-electron chi connectivity index (χ0n) is 9.82. The van der Waals surface area contributed by atoms with E-state index in [1.807, 2.05) is 11.3 Å². The first-order chi connectivity index (χ1) is 8.28. The number of rotatable bonds is 3. The van der Waals surface area contributed by atoms with Gasteiger partial charge in [-0.15, -0.1) is 22.7 Å². The highest BCUT2D eigenvalue weighted by molar-refractivity contribution is 7.12. The Morgan fingerprint density at radius 1 is 1.35 bits per heavy atom. The van der Waals surface area contributed by atoms with Crippen LogP contribution in [0.3, 0.4) is 0 Å². The van der Waals surface area contributed by atoms with Crippen LogP contribution in [0.1, 0.15) is 38.2 Å². The first kappa shape index (κ1) is 11.4. The van der Waals surface area contributed by atoms with Gasteiger partial charge in [0, 0.05) is 14.6 Å². The van der Waals surface area contributed by atoms with E-state index < -0.39 is 0 Å². The molecule has 90 valence electrons. The lowest BCUT2D eigenvalue weighted by Gasteiger charge is -2.12. The Balaban J connectivity index is 1.94. The fraction of sp³-hybridized carbons (Fsp3) is 0.385. The van der Waals surface area contributed by atoms with Gasteiger partial charge in [0.2, 0.25) is 0 Å². The molecule has 3 N–H and O–H groups in total. The minimum Gasteiger partial charge on any atom is -0.271 e. The normalized spacial score (nSPS) is 16.1. The van der Waals surface area contributed by atoms with E-state index >= 15 is 0 Å². The molecular formula is C13H16N2S2. The molecule has 2 aromatic rings. The Morgan fingerprint density at radius 3 is 2.88 bits per heavy atom. The van der Waals surface area contributed by atoms with Gasteiger partial charge in [-0.2, -0.15) is 0 Å². The minimum absolute atomic E-state index is 0.163. The third-order valence-electron chi connectivity index (χ3n) is 3.30. The van der Waals surface area contributed by atoms with Gasteiger partial charge in [0.05, 0.1) is 6.04 Å². The van der Waals surface area contributed by atoms with Crippen molar-refractivity contribution in [3.05, 3.63) is 43.3 Å². The quantitative estimate of drug-likeness (QED) is 0.660. The molecule has 0 amide bonds. The van der Waals surface area contributed by atoms with Crippen LogP contribution in [0.5, 0.6) is 0 Å². The first-order valence-corrected chi connectivity index (χ1v) is 7.60. The Morgan fingerprint density at radius 2 is 2.24 bits per heavy atom. The summed E-state index contributed by atoms with van der Waals surface area (Å²) < 4.78 is 0. The summed E-state index contributed by atoms with van der Waals surface area (Å²) >= 11 is 3.70. The predicted octanol–water partition coefficient (Wildman–Crippen LogP) is 3.16. The number of nitrogens with two attached hydrogens (primary N) is 1. The number of fused-ring (bicyclic) bond motifs is 1. The highest BCUT2D eigenvalue weighted by Crippen LogP contribution is 2.36. The van der Waals surface area contributed by atoms with Crippen LogP contribution in [0, 0.1) is 6.92 Å². The van der Waals surface area contributed by atoms with Crippen molar-refractivity contribution in [3.8, 4) is 0 Å². The molecule has 0 aromatic carbocycles. The summed E-state index contributed by atoms with van der Waals surface area (Å²) in [6.45, 7) is 2.14. The Bertz CT molecular complexity index is 506. The van der Waals surface area contributed by atoms with Crippen LogP contribution in [-0.2, 0) is 12.8 Å². The first-order valence-electron chi connectivity index (χ1n) is 5.90. The van der Waals surface area contributed by atoms with Crippen LogP contribution in [0.15, 0.2) is 17.5 Å². The molecule has 0 saturated carbocycles. The van der Waals surface area contributed by atoms with E-state index in [4.69, 9.17) is 5.84 Å². The molecule has 0 radical (unpaired) electrons. The number of hydrogen-bond acceptors (Lipinski definition) is 4. The van der Waals surface area contributed by atoms with E-state index in [1.54, 1.807) is 16.2 Å². The molecule has 0 bridgehead atoms. The van der Waals surface area contributed by atoms with Gasteiger partial charge in [0.1, 0.15) is 0 Å². The van der Waals surface area contributed by atoms with E-state index in [-0.39, 0.29) is 6.04 Å². The van der Waals surface area contributed by atoms with E-state index in [0.29, 0.717) is 0 Å². The molecular weight excluding hydrogens is 248 g/mol. The molecule has 2 heterocycles. The Labute approximate surface area is 109 Å². The number of aryl methyl sites for hydroxylation is 3. The maximum absolute atomic E-state index is 5.73. The van der Waals surface area contributed by atoms with Crippen molar-refractivity contribution in [1.29, 1.82) is 0 Å². The largest absolute Gasteiger partial charge is 0.271 e. The van der Waals surface area contributed by atoms with E-state index in [0.717, 1.165) is 0 Å². The van der Waals surface area contributed by atoms with Gasteiger partial charge in [-0.05, 0) is 54.8 Å². The number of hydrazine groups is 1. The monoisotopic (exact) mass is 264 g/mol. The zero-order chi connectivity index (χ0) is 11.8. The van der Waals surface area contributed by atoms with Gasteiger partial charge in [-0.3, -0.25) is 5.84 Å². The van der Waals surface area contributed by atoms with E-state index in [9.17, 15) is 0 Å². The molecule has 1 aliphatic carbocycles. The minimum atomic E-state index is 0.163. The van der Waals surface area contributed by atoms with Gasteiger partial charge in [0.15, 0.2) is 0 Å². The molecule has 1 atom stereocenters.